The van der Waals surface area contributed by atoms with Crippen LogP contribution in [0.25, 0.3) is 0 Å². The second-order valence-electron chi connectivity index (χ2n) is 7.84. The largest absolute Gasteiger partial charge is 0.372 e. The summed E-state index contributed by atoms with van der Waals surface area (Å²) in [7, 11) is 2.24. The van der Waals surface area contributed by atoms with Gasteiger partial charge in [0.2, 0.25) is 0 Å². The third kappa shape index (κ3) is 3.71. The Kier molecular flexibility index (Phi) is 4.55. The van der Waals surface area contributed by atoms with Gasteiger partial charge in [0.1, 0.15) is 0 Å². The number of likely N-dealkylation sites (tertiary alicyclic amines) is 1. The lowest BCUT2D eigenvalue weighted by atomic mass is 9.78. The highest BCUT2D eigenvalue weighted by molar-refractivity contribution is 4.99. The van der Waals surface area contributed by atoms with E-state index in [9.17, 15) is 0 Å². The fourth-order valence-electron chi connectivity index (χ4n) is 3.48. The lowest BCUT2D eigenvalue weighted by molar-refractivity contribution is -0.145. The highest BCUT2D eigenvalue weighted by atomic mass is 16.5. The van der Waals surface area contributed by atoms with Gasteiger partial charge in [-0.15, -0.1) is 0 Å². The molecule has 2 heteroatoms. The zero-order valence-electron chi connectivity index (χ0n) is 13.8. The maximum absolute atomic E-state index is 6.41. The first-order chi connectivity index (χ1) is 8.00. The van der Waals surface area contributed by atoms with E-state index in [1.165, 1.54) is 6.42 Å². The van der Waals surface area contributed by atoms with Crippen molar-refractivity contribution in [1.82, 2.24) is 4.90 Å². The zero-order chi connectivity index (χ0) is 14.2. The smallest absolute Gasteiger partial charge is 0.0630 e. The first kappa shape index (κ1) is 16.0. The fourth-order valence-corrected chi connectivity index (χ4v) is 3.48. The monoisotopic (exact) mass is 255 g/mol. The first-order valence-corrected chi connectivity index (χ1v) is 7.42. The molecule has 0 unspecified atom stereocenters. The lowest BCUT2D eigenvalue weighted by Gasteiger charge is -2.54. The Morgan fingerprint density at radius 3 is 1.94 bits per heavy atom. The van der Waals surface area contributed by atoms with Crippen molar-refractivity contribution in [3.63, 3.8) is 0 Å². The molecule has 0 aromatic rings. The highest BCUT2D eigenvalue weighted by Crippen LogP contribution is 2.39. The molecule has 1 heterocycles. The SMILES string of the molecule is CCCC(C)(C)OC1CC(C)(C)N(C)C(C)(C)C1. The van der Waals surface area contributed by atoms with Crippen molar-refractivity contribution in [2.24, 2.45) is 0 Å². The van der Waals surface area contributed by atoms with Crippen molar-refractivity contribution in [2.75, 3.05) is 7.05 Å². The summed E-state index contributed by atoms with van der Waals surface area (Å²) in [4.78, 5) is 2.51. The molecule has 0 spiro atoms. The van der Waals surface area contributed by atoms with Crippen LogP contribution in [0.15, 0.2) is 0 Å². The van der Waals surface area contributed by atoms with Crippen molar-refractivity contribution < 1.29 is 4.74 Å². The summed E-state index contributed by atoms with van der Waals surface area (Å²) in [6, 6.07) is 0. The van der Waals surface area contributed by atoms with Gasteiger partial charge in [-0.3, -0.25) is 4.90 Å². The van der Waals surface area contributed by atoms with Gasteiger partial charge >= 0.3 is 0 Å². The van der Waals surface area contributed by atoms with Crippen LogP contribution in [-0.4, -0.2) is 34.7 Å². The molecule has 0 bridgehead atoms. The van der Waals surface area contributed by atoms with E-state index >= 15 is 0 Å². The van der Waals surface area contributed by atoms with Crippen LogP contribution in [0.5, 0.6) is 0 Å². The Balaban J connectivity index is 2.75. The van der Waals surface area contributed by atoms with Crippen molar-refractivity contribution >= 4 is 0 Å². The van der Waals surface area contributed by atoms with E-state index < -0.39 is 0 Å². The van der Waals surface area contributed by atoms with Crippen molar-refractivity contribution in [3.8, 4) is 0 Å². The van der Waals surface area contributed by atoms with Gasteiger partial charge in [0, 0.05) is 11.1 Å². The van der Waals surface area contributed by atoms with E-state index in [2.05, 4.69) is 60.4 Å². The summed E-state index contributed by atoms with van der Waals surface area (Å²) in [5, 5.41) is 0. The maximum Gasteiger partial charge on any atom is 0.0630 e. The number of piperidine rings is 1. The Morgan fingerprint density at radius 2 is 1.56 bits per heavy atom. The van der Waals surface area contributed by atoms with Gasteiger partial charge in [-0.1, -0.05) is 13.3 Å². The molecule has 1 saturated heterocycles. The minimum Gasteiger partial charge on any atom is -0.372 e. The third-order valence-electron chi connectivity index (χ3n) is 4.61. The summed E-state index contributed by atoms with van der Waals surface area (Å²) in [6.07, 6.45) is 4.96. The van der Waals surface area contributed by atoms with Crippen LogP contribution in [0.1, 0.15) is 74.1 Å². The van der Waals surface area contributed by atoms with Gasteiger partial charge < -0.3 is 4.74 Å². The van der Waals surface area contributed by atoms with E-state index in [0.29, 0.717) is 6.10 Å². The number of hydrogen-bond acceptors (Lipinski definition) is 2. The topological polar surface area (TPSA) is 12.5 Å². The minimum atomic E-state index is 0.0154. The van der Waals surface area contributed by atoms with E-state index in [1.807, 2.05) is 0 Å². The predicted octanol–water partition coefficient (Wildman–Crippen LogP) is 4.23. The molecule has 18 heavy (non-hydrogen) atoms. The molecule has 0 saturated carbocycles. The molecule has 0 aromatic carbocycles. The van der Waals surface area contributed by atoms with Gasteiger partial charge in [0.05, 0.1) is 11.7 Å². The minimum absolute atomic E-state index is 0.0154. The molecule has 108 valence electrons. The predicted molar refractivity (Wildman–Crippen MR) is 79.0 cm³/mol. The van der Waals surface area contributed by atoms with E-state index in [4.69, 9.17) is 4.74 Å². The molecule has 0 N–H and O–H groups in total. The Hall–Kier alpha value is -0.0800. The molecule has 0 amide bonds. The summed E-state index contributed by atoms with van der Waals surface area (Å²) in [6.45, 7) is 16.0. The van der Waals surface area contributed by atoms with Gasteiger partial charge in [-0.05, 0) is 67.9 Å². The van der Waals surface area contributed by atoms with Crippen LogP contribution in [0.3, 0.4) is 0 Å². The van der Waals surface area contributed by atoms with Crippen LogP contribution in [-0.2, 0) is 4.74 Å². The Labute approximate surface area is 114 Å². The van der Waals surface area contributed by atoms with E-state index in [0.717, 1.165) is 19.3 Å². The molecule has 2 nitrogen and oxygen atoms in total. The van der Waals surface area contributed by atoms with Crippen molar-refractivity contribution in [3.05, 3.63) is 0 Å². The molecule has 0 aliphatic carbocycles. The molecule has 1 rings (SSSR count). The Bertz CT molecular complexity index is 263. The number of hydrogen-bond donors (Lipinski definition) is 0. The standard InChI is InChI=1S/C16H33NO/c1-9-10-16(6,7)18-13-11-14(2,3)17(8)15(4,5)12-13/h13H,9-12H2,1-8H3. The normalized spacial score (nSPS) is 25.3. The third-order valence-corrected chi connectivity index (χ3v) is 4.61. The van der Waals surface area contributed by atoms with Gasteiger partial charge in [-0.2, -0.15) is 0 Å². The van der Waals surface area contributed by atoms with E-state index in [-0.39, 0.29) is 16.7 Å². The Morgan fingerprint density at radius 1 is 1.11 bits per heavy atom. The molecule has 1 fully saturated rings. The quantitative estimate of drug-likeness (QED) is 0.745. The zero-order valence-corrected chi connectivity index (χ0v) is 13.8. The average molecular weight is 255 g/mol. The van der Waals surface area contributed by atoms with Crippen molar-refractivity contribution in [1.29, 1.82) is 0 Å². The number of rotatable bonds is 4. The van der Waals surface area contributed by atoms with Crippen molar-refractivity contribution in [2.45, 2.75) is 96.9 Å². The first-order valence-electron chi connectivity index (χ1n) is 7.42. The van der Waals surface area contributed by atoms with Gasteiger partial charge in [-0.25, -0.2) is 0 Å². The highest BCUT2D eigenvalue weighted by Gasteiger charge is 2.44. The van der Waals surface area contributed by atoms with Crippen LogP contribution in [0, 0.1) is 0 Å². The van der Waals surface area contributed by atoms with E-state index in [1.54, 1.807) is 0 Å². The molecule has 0 atom stereocenters. The molecule has 1 aliphatic heterocycles. The summed E-state index contributed by atoms with van der Waals surface area (Å²) in [5.74, 6) is 0. The summed E-state index contributed by atoms with van der Waals surface area (Å²) < 4.78 is 6.41. The molecular weight excluding hydrogens is 222 g/mol. The van der Waals surface area contributed by atoms with Gasteiger partial charge in [0.15, 0.2) is 0 Å². The van der Waals surface area contributed by atoms with Crippen LogP contribution in [0.2, 0.25) is 0 Å². The van der Waals surface area contributed by atoms with Gasteiger partial charge in [0.25, 0.3) is 0 Å². The second-order valence-corrected chi connectivity index (χ2v) is 7.84. The summed E-state index contributed by atoms with van der Waals surface area (Å²) in [5.41, 5.74) is 0.449. The number of nitrogens with zero attached hydrogens (tertiary/aromatic N) is 1. The number of ether oxygens (including phenoxy) is 1. The van der Waals surface area contributed by atoms with Crippen LogP contribution in [0.4, 0.5) is 0 Å². The van der Waals surface area contributed by atoms with Crippen LogP contribution >= 0.6 is 0 Å². The fraction of sp³-hybridized carbons (Fsp3) is 1.00. The molecular formula is C16H33NO. The lowest BCUT2D eigenvalue weighted by Crippen LogP contribution is -2.60. The molecule has 0 radical (unpaired) electrons. The average Bonchev–Trinajstić information content (AvgIpc) is 2.11. The molecule has 1 aliphatic rings. The van der Waals surface area contributed by atoms with Crippen LogP contribution < -0.4 is 0 Å². The second kappa shape index (κ2) is 5.13. The summed E-state index contributed by atoms with van der Waals surface area (Å²) >= 11 is 0. The molecule has 0 aromatic heterocycles. The maximum atomic E-state index is 6.41.